The second-order valence-electron chi connectivity index (χ2n) is 8.53. The van der Waals surface area contributed by atoms with Crippen LogP contribution in [0.2, 0.25) is 0 Å². The van der Waals surface area contributed by atoms with Gasteiger partial charge < -0.3 is 4.74 Å². The Balaban J connectivity index is 1.46. The van der Waals surface area contributed by atoms with Gasteiger partial charge in [0, 0.05) is 17.2 Å². The van der Waals surface area contributed by atoms with E-state index in [1.54, 1.807) is 7.11 Å². The van der Waals surface area contributed by atoms with Crippen LogP contribution in [-0.2, 0) is 4.79 Å². The van der Waals surface area contributed by atoms with E-state index in [4.69, 9.17) is 4.74 Å². The van der Waals surface area contributed by atoms with Crippen molar-refractivity contribution in [2.75, 3.05) is 12.9 Å². The number of benzene rings is 2. The summed E-state index contributed by atoms with van der Waals surface area (Å²) in [5.41, 5.74) is 5.93. The molecule has 1 aliphatic carbocycles. The number of halogens is 1. The first-order valence-electron chi connectivity index (χ1n) is 11.5. The zero-order chi connectivity index (χ0) is 24.8. The summed E-state index contributed by atoms with van der Waals surface area (Å²) in [5, 5.41) is 9.54. The van der Waals surface area contributed by atoms with Crippen LogP contribution in [0.3, 0.4) is 0 Å². The number of nitrogens with zero attached hydrogens (tertiary/aromatic N) is 3. The summed E-state index contributed by atoms with van der Waals surface area (Å²) in [4.78, 5) is 24.6. The lowest BCUT2D eigenvalue weighted by molar-refractivity contribution is -0.119. The third-order valence-electron chi connectivity index (χ3n) is 6.16. The molecule has 1 fully saturated rings. The molecule has 1 saturated carbocycles. The largest absolute Gasteiger partial charge is 0.497 e. The number of thioether (sulfide) groups is 1. The van der Waals surface area contributed by atoms with Crippen molar-refractivity contribution in [3.8, 4) is 17.1 Å². The molecule has 3 aromatic rings. The minimum absolute atomic E-state index is 0.0472. The molecule has 4 rings (SSSR count). The van der Waals surface area contributed by atoms with Crippen LogP contribution in [-0.4, -0.2) is 39.4 Å². The number of amides is 2. The molecule has 8 nitrogen and oxygen atoms in total. The molecule has 0 aliphatic heterocycles. The highest BCUT2D eigenvalue weighted by Crippen LogP contribution is 2.39. The predicted molar refractivity (Wildman–Crippen MR) is 131 cm³/mol. The second kappa shape index (κ2) is 11.4. The third-order valence-corrected chi connectivity index (χ3v) is 7.11. The summed E-state index contributed by atoms with van der Waals surface area (Å²) in [6, 6.07) is 13.0. The zero-order valence-corrected chi connectivity index (χ0v) is 20.5. The Kier molecular flexibility index (Phi) is 8.02. The van der Waals surface area contributed by atoms with Crippen LogP contribution in [0, 0.1) is 11.7 Å². The van der Waals surface area contributed by atoms with Gasteiger partial charge in [0.05, 0.1) is 12.9 Å². The molecule has 2 atom stereocenters. The number of ether oxygens (including phenoxy) is 1. The van der Waals surface area contributed by atoms with Gasteiger partial charge in [-0.3, -0.25) is 25.0 Å². The van der Waals surface area contributed by atoms with E-state index in [9.17, 15) is 14.0 Å². The number of nitrogens with one attached hydrogen (secondary N) is 2. The Bertz CT molecular complexity index is 1170. The minimum Gasteiger partial charge on any atom is -0.497 e. The Morgan fingerprint density at radius 1 is 1.06 bits per heavy atom. The van der Waals surface area contributed by atoms with Gasteiger partial charge in [-0.25, -0.2) is 4.39 Å². The number of carbonyl (C=O) groups excluding carboxylic acids is 2. The van der Waals surface area contributed by atoms with Gasteiger partial charge in [-0.05, 0) is 67.3 Å². The maximum atomic E-state index is 13.0. The van der Waals surface area contributed by atoms with Crippen molar-refractivity contribution in [2.24, 2.45) is 5.92 Å². The molecule has 0 spiro atoms. The topological polar surface area (TPSA) is 98.1 Å². The van der Waals surface area contributed by atoms with Gasteiger partial charge in [0.25, 0.3) is 5.91 Å². The Morgan fingerprint density at radius 3 is 2.46 bits per heavy atom. The highest BCUT2D eigenvalue weighted by Gasteiger charge is 2.29. The molecular formula is C25H28FN5O3S. The average molecular weight is 498 g/mol. The first-order chi connectivity index (χ1) is 17.0. The fourth-order valence-corrected chi connectivity index (χ4v) is 5.05. The number of carbonyl (C=O) groups is 2. The van der Waals surface area contributed by atoms with Crippen LogP contribution in [0.15, 0.2) is 53.7 Å². The normalized spacial score (nSPS) is 17.6. The second-order valence-corrected chi connectivity index (χ2v) is 9.47. The van der Waals surface area contributed by atoms with Crippen LogP contribution < -0.4 is 15.6 Å². The third kappa shape index (κ3) is 6.00. The zero-order valence-electron chi connectivity index (χ0n) is 19.7. The van der Waals surface area contributed by atoms with Crippen LogP contribution in [0.4, 0.5) is 4.39 Å². The van der Waals surface area contributed by atoms with E-state index in [0.29, 0.717) is 11.1 Å². The van der Waals surface area contributed by atoms with Crippen molar-refractivity contribution in [1.82, 2.24) is 25.6 Å². The Hall–Kier alpha value is -3.40. The fraction of sp³-hybridized carbons (Fsp3) is 0.360. The van der Waals surface area contributed by atoms with Gasteiger partial charge in [0.2, 0.25) is 5.91 Å². The van der Waals surface area contributed by atoms with Gasteiger partial charge in [0.1, 0.15) is 11.6 Å². The van der Waals surface area contributed by atoms with Crippen molar-refractivity contribution in [3.63, 3.8) is 0 Å². The molecule has 0 bridgehead atoms. The average Bonchev–Trinajstić information content (AvgIpc) is 3.30. The molecule has 1 heterocycles. The summed E-state index contributed by atoms with van der Waals surface area (Å²) >= 11 is 1.28. The molecular weight excluding hydrogens is 469 g/mol. The van der Waals surface area contributed by atoms with Crippen LogP contribution in [0.5, 0.6) is 5.75 Å². The van der Waals surface area contributed by atoms with E-state index in [-0.39, 0.29) is 23.3 Å². The number of hydrogen-bond acceptors (Lipinski definition) is 6. The van der Waals surface area contributed by atoms with E-state index in [1.165, 1.54) is 42.4 Å². The molecule has 0 radical (unpaired) electrons. The van der Waals surface area contributed by atoms with Crippen molar-refractivity contribution in [3.05, 3.63) is 59.9 Å². The van der Waals surface area contributed by atoms with E-state index < -0.39 is 11.7 Å². The number of methoxy groups -OCH3 is 1. The van der Waals surface area contributed by atoms with E-state index in [1.807, 2.05) is 24.3 Å². The number of hydrazine groups is 1. The maximum absolute atomic E-state index is 13.0. The lowest BCUT2D eigenvalue weighted by Crippen LogP contribution is -2.42. The maximum Gasteiger partial charge on any atom is 0.269 e. The van der Waals surface area contributed by atoms with Crippen LogP contribution in [0.25, 0.3) is 11.4 Å². The monoisotopic (exact) mass is 497 g/mol. The SMILES string of the molecule is COc1ccc(-c2nnc(SCC(=O)NNC(=O)c3ccc(F)cc3)n2[C@@H]2CCCC[C@H]2C)cc1. The summed E-state index contributed by atoms with van der Waals surface area (Å²) in [5.74, 6) is 0.684. The quantitative estimate of drug-likeness (QED) is 0.371. The molecule has 2 N–H and O–H groups in total. The summed E-state index contributed by atoms with van der Waals surface area (Å²) < 4.78 is 20.5. The van der Waals surface area contributed by atoms with Gasteiger partial charge in [-0.2, -0.15) is 0 Å². The lowest BCUT2D eigenvalue weighted by atomic mass is 9.85. The number of aromatic nitrogens is 3. The molecule has 2 amide bonds. The highest BCUT2D eigenvalue weighted by atomic mass is 32.2. The Morgan fingerprint density at radius 2 is 1.77 bits per heavy atom. The molecule has 1 aliphatic rings. The number of hydrogen-bond donors (Lipinski definition) is 2. The van der Waals surface area contributed by atoms with Gasteiger partial charge in [-0.1, -0.05) is 31.5 Å². The minimum atomic E-state index is -0.524. The van der Waals surface area contributed by atoms with Gasteiger partial charge in [0.15, 0.2) is 11.0 Å². The highest BCUT2D eigenvalue weighted by molar-refractivity contribution is 7.99. The van der Waals surface area contributed by atoms with E-state index in [0.717, 1.165) is 36.4 Å². The first kappa shape index (κ1) is 24.7. The first-order valence-corrected chi connectivity index (χ1v) is 12.5. The number of rotatable bonds is 7. The van der Waals surface area contributed by atoms with E-state index >= 15 is 0 Å². The van der Waals surface area contributed by atoms with Crippen molar-refractivity contribution < 1.29 is 18.7 Å². The van der Waals surface area contributed by atoms with Gasteiger partial charge >= 0.3 is 0 Å². The summed E-state index contributed by atoms with van der Waals surface area (Å²) in [6.45, 7) is 2.24. The summed E-state index contributed by atoms with van der Waals surface area (Å²) in [6.07, 6.45) is 4.49. The van der Waals surface area contributed by atoms with Crippen molar-refractivity contribution in [2.45, 2.75) is 43.8 Å². The Labute approximate surface area is 207 Å². The van der Waals surface area contributed by atoms with Crippen LogP contribution in [0.1, 0.15) is 49.0 Å². The molecule has 1 aromatic heterocycles. The van der Waals surface area contributed by atoms with Crippen molar-refractivity contribution in [1.29, 1.82) is 0 Å². The molecule has 184 valence electrons. The standard InChI is InChI=1S/C25H28FN5O3S/c1-16-5-3-4-6-21(16)31-23(17-9-13-20(34-2)14-10-17)28-30-25(31)35-15-22(32)27-29-24(33)18-7-11-19(26)12-8-18/h7-14,16,21H,3-6,15H2,1-2H3,(H,27,32)(H,29,33)/t16-,21-/m1/s1. The van der Waals surface area contributed by atoms with Crippen molar-refractivity contribution >= 4 is 23.6 Å². The van der Waals surface area contributed by atoms with E-state index in [2.05, 4.69) is 32.5 Å². The summed E-state index contributed by atoms with van der Waals surface area (Å²) in [7, 11) is 1.63. The molecule has 10 heteroatoms. The van der Waals surface area contributed by atoms with Crippen LogP contribution >= 0.6 is 11.8 Å². The molecule has 35 heavy (non-hydrogen) atoms. The molecule has 2 aromatic carbocycles. The molecule has 0 saturated heterocycles. The smallest absolute Gasteiger partial charge is 0.269 e. The predicted octanol–water partition coefficient (Wildman–Crippen LogP) is 4.40. The lowest BCUT2D eigenvalue weighted by Gasteiger charge is -2.31. The molecule has 0 unspecified atom stereocenters. The fourth-order valence-electron chi connectivity index (χ4n) is 4.26. The van der Waals surface area contributed by atoms with Gasteiger partial charge in [-0.15, -0.1) is 10.2 Å².